The molecule has 0 aromatic heterocycles. The van der Waals surface area contributed by atoms with Gasteiger partial charge >= 0.3 is 15.6 Å². The summed E-state index contributed by atoms with van der Waals surface area (Å²) in [6.45, 7) is 7.00. The van der Waals surface area contributed by atoms with Gasteiger partial charge in [-0.15, -0.1) is 0 Å². The molecule has 178 valence electrons. The molecule has 9 heteroatoms. The van der Waals surface area contributed by atoms with Crippen molar-refractivity contribution < 1.29 is 30.2 Å². The molecule has 1 fully saturated rings. The number of benzene rings is 2. The fourth-order valence-electron chi connectivity index (χ4n) is 4.99. The smallest absolute Gasteiger partial charge is 0.407 e. The lowest BCUT2D eigenvalue weighted by atomic mass is 10.2. The lowest BCUT2D eigenvalue weighted by Crippen LogP contribution is -2.66. The predicted octanol–water partition coefficient (Wildman–Crippen LogP) is 4.58. The van der Waals surface area contributed by atoms with Crippen LogP contribution in [0.25, 0.3) is 0 Å². The standard InChI is InChI=1S/C24H27F3O4SSi/c1-23(2,3)33(18-10-6-4-7-11-18,19-12-8-5-9-13-19)30-16-22-20-14-17(15-21(20)22)31-32(28,29)24(25,26)27/h4-14,20-22H,15-16H2,1-3H3/t20-,21+,22-/m1/s1. The highest BCUT2D eigenvalue weighted by Crippen LogP contribution is 2.57. The summed E-state index contributed by atoms with van der Waals surface area (Å²) >= 11 is 0. The Kier molecular flexibility index (Phi) is 6.03. The van der Waals surface area contributed by atoms with Gasteiger partial charge in [0.15, 0.2) is 0 Å². The summed E-state index contributed by atoms with van der Waals surface area (Å²) < 4.78 is 71.6. The Hall–Kier alpha value is -2.10. The van der Waals surface area contributed by atoms with Crippen LogP contribution in [0.2, 0.25) is 5.04 Å². The van der Waals surface area contributed by atoms with Gasteiger partial charge < -0.3 is 8.61 Å². The van der Waals surface area contributed by atoms with E-state index >= 15 is 0 Å². The molecular formula is C24H27F3O4SSi. The van der Waals surface area contributed by atoms with Crippen molar-refractivity contribution >= 4 is 28.8 Å². The van der Waals surface area contributed by atoms with E-state index in [4.69, 9.17) is 4.43 Å². The number of alkyl halides is 3. The second-order valence-electron chi connectivity index (χ2n) is 9.70. The number of hydrogen-bond donors (Lipinski definition) is 0. The number of halogens is 3. The van der Waals surface area contributed by atoms with E-state index in [0.717, 1.165) is 10.4 Å². The maximum atomic E-state index is 12.6. The van der Waals surface area contributed by atoms with E-state index in [2.05, 4.69) is 49.2 Å². The SMILES string of the molecule is CC(C)(C)[Si](OC[C@@H]1[C@@H]2C=C(OS(=O)(=O)C(F)(F)F)C[C@@H]21)(c1ccccc1)c1ccccc1. The van der Waals surface area contributed by atoms with E-state index in [1.807, 2.05) is 36.4 Å². The monoisotopic (exact) mass is 496 g/mol. The minimum Gasteiger partial charge on any atom is -0.407 e. The number of hydrogen-bond acceptors (Lipinski definition) is 4. The van der Waals surface area contributed by atoms with Gasteiger partial charge in [0, 0.05) is 13.0 Å². The summed E-state index contributed by atoms with van der Waals surface area (Å²) in [4.78, 5) is 0. The Morgan fingerprint density at radius 2 is 1.45 bits per heavy atom. The van der Waals surface area contributed by atoms with E-state index in [-0.39, 0.29) is 35.0 Å². The molecule has 0 bridgehead atoms. The summed E-state index contributed by atoms with van der Waals surface area (Å²) in [6, 6.07) is 20.4. The van der Waals surface area contributed by atoms with Gasteiger partial charge in [-0.1, -0.05) is 81.4 Å². The van der Waals surface area contributed by atoms with Crippen LogP contribution in [0, 0.1) is 17.8 Å². The molecule has 0 heterocycles. The topological polar surface area (TPSA) is 52.6 Å². The van der Waals surface area contributed by atoms with Gasteiger partial charge in [-0.2, -0.15) is 21.6 Å². The molecule has 4 nitrogen and oxygen atoms in total. The first-order valence-electron chi connectivity index (χ1n) is 10.8. The minimum absolute atomic E-state index is 0.0263. The molecule has 2 aliphatic rings. The summed E-state index contributed by atoms with van der Waals surface area (Å²) in [6.07, 6.45) is 1.70. The molecule has 0 aliphatic heterocycles. The lowest BCUT2D eigenvalue weighted by Gasteiger charge is -2.43. The number of allylic oxidation sites excluding steroid dienone is 2. The van der Waals surface area contributed by atoms with Crippen molar-refractivity contribution in [2.75, 3.05) is 6.61 Å². The van der Waals surface area contributed by atoms with E-state index in [1.165, 1.54) is 6.08 Å². The molecule has 0 radical (unpaired) electrons. The minimum atomic E-state index is -5.62. The molecule has 0 spiro atoms. The van der Waals surface area contributed by atoms with Gasteiger partial charge in [-0.3, -0.25) is 0 Å². The van der Waals surface area contributed by atoms with Crippen LogP contribution in [0.5, 0.6) is 0 Å². The third-order valence-electron chi connectivity index (χ3n) is 6.62. The van der Waals surface area contributed by atoms with Crippen LogP contribution in [-0.4, -0.2) is 28.9 Å². The van der Waals surface area contributed by atoms with Crippen LogP contribution in [-0.2, 0) is 18.7 Å². The zero-order chi connectivity index (χ0) is 24.1. The molecule has 33 heavy (non-hydrogen) atoms. The average Bonchev–Trinajstić information content (AvgIpc) is 3.19. The van der Waals surface area contributed by atoms with Crippen LogP contribution < -0.4 is 10.4 Å². The van der Waals surface area contributed by atoms with Crippen molar-refractivity contribution in [1.82, 2.24) is 0 Å². The summed E-state index contributed by atoms with van der Waals surface area (Å²) in [5.74, 6) is 0.0277. The molecule has 2 aromatic carbocycles. The Labute approximate surface area is 193 Å². The molecule has 4 rings (SSSR count). The summed E-state index contributed by atoms with van der Waals surface area (Å²) in [5, 5.41) is 2.14. The number of rotatable bonds is 7. The van der Waals surface area contributed by atoms with Gasteiger partial charge in [0.05, 0.1) is 0 Å². The number of fused-ring (bicyclic) bond motifs is 1. The Bertz CT molecular complexity index is 1090. The highest BCUT2D eigenvalue weighted by Gasteiger charge is 2.58. The van der Waals surface area contributed by atoms with Gasteiger partial charge in [-0.05, 0) is 39.2 Å². The van der Waals surface area contributed by atoms with Crippen molar-refractivity contribution in [3.05, 3.63) is 72.5 Å². The molecular weight excluding hydrogens is 469 g/mol. The van der Waals surface area contributed by atoms with Gasteiger partial charge in [0.25, 0.3) is 8.32 Å². The molecule has 0 amide bonds. The fraction of sp³-hybridized carbons (Fsp3) is 0.417. The van der Waals surface area contributed by atoms with Gasteiger partial charge in [0.1, 0.15) is 5.76 Å². The molecule has 0 unspecified atom stereocenters. The summed E-state index contributed by atoms with van der Waals surface area (Å²) in [5.41, 5.74) is -5.42. The molecule has 0 N–H and O–H groups in total. The van der Waals surface area contributed by atoms with Crippen LogP contribution in [0.15, 0.2) is 72.5 Å². The van der Waals surface area contributed by atoms with E-state index in [9.17, 15) is 21.6 Å². The fourth-order valence-corrected chi connectivity index (χ4v) is 10.1. The van der Waals surface area contributed by atoms with Crippen molar-refractivity contribution in [2.45, 2.75) is 37.7 Å². The summed E-state index contributed by atoms with van der Waals surface area (Å²) in [7, 11) is -8.32. The maximum absolute atomic E-state index is 12.6. The van der Waals surface area contributed by atoms with Crippen LogP contribution in [0.3, 0.4) is 0 Å². The molecule has 2 aromatic rings. The van der Waals surface area contributed by atoms with Gasteiger partial charge in [-0.25, -0.2) is 0 Å². The Balaban J connectivity index is 1.55. The largest absolute Gasteiger partial charge is 0.534 e. The zero-order valence-electron chi connectivity index (χ0n) is 18.7. The van der Waals surface area contributed by atoms with E-state index in [1.54, 1.807) is 0 Å². The first-order chi connectivity index (χ1) is 15.4. The van der Waals surface area contributed by atoms with Crippen LogP contribution >= 0.6 is 0 Å². The second-order valence-corrected chi connectivity index (χ2v) is 15.5. The van der Waals surface area contributed by atoms with Crippen molar-refractivity contribution in [3.63, 3.8) is 0 Å². The molecule has 0 saturated heterocycles. The Morgan fingerprint density at radius 1 is 0.939 bits per heavy atom. The molecule has 2 aliphatic carbocycles. The first kappa shape index (κ1) is 24.0. The van der Waals surface area contributed by atoms with E-state index in [0.29, 0.717) is 6.61 Å². The zero-order valence-corrected chi connectivity index (χ0v) is 20.5. The van der Waals surface area contributed by atoms with Crippen LogP contribution in [0.4, 0.5) is 13.2 Å². The quantitative estimate of drug-likeness (QED) is 0.320. The van der Waals surface area contributed by atoms with Gasteiger partial charge in [0.2, 0.25) is 0 Å². The third kappa shape index (κ3) is 4.38. The third-order valence-corrected chi connectivity index (χ3v) is 12.6. The van der Waals surface area contributed by atoms with Crippen molar-refractivity contribution in [3.8, 4) is 0 Å². The first-order valence-corrected chi connectivity index (χ1v) is 14.1. The average molecular weight is 497 g/mol. The molecule has 3 atom stereocenters. The Morgan fingerprint density at radius 3 is 1.85 bits per heavy atom. The van der Waals surface area contributed by atoms with Crippen molar-refractivity contribution in [2.24, 2.45) is 17.8 Å². The van der Waals surface area contributed by atoms with Crippen LogP contribution in [0.1, 0.15) is 27.2 Å². The highest BCUT2D eigenvalue weighted by atomic mass is 32.2. The highest BCUT2D eigenvalue weighted by molar-refractivity contribution is 7.87. The van der Waals surface area contributed by atoms with Crippen molar-refractivity contribution in [1.29, 1.82) is 0 Å². The molecule has 1 saturated carbocycles. The predicted molar refractivity (Wildman–Crippen MR) is 123 cm³/mol. The lowest BCUT2D eigenvalue weighted by molar-refractivity contribution is -0.0523. The van der Waals surface area contributed by atoms with E-state index < -0.39 is 23.9 Å². The maximum Gasteiger partial charge on any atom is 0.534 e. The second kappa shape index (κ2) is 8.28. The normalized spacial score (nSPS) is 23.1.